The van der Waals surface area contributed by atoms with E-state index in [1.54, 1.807) is 60.3 Å². The van der Waals surface area contributed by atoms with Gasteiger partial charge in [-0.05, 0) is 18.2 Å². The van der Waals surface area contributed by atoms with Gasteiger partial charge in [-0.15, -0.1) is 0 Å². The number of hydrogen-bond donors (Lipinski definition) is 1. The fraction of sp³-hybridized carbons (Fsp3) is 0.167. The number of aromatic hydroxyl groups is 1. The van der Waals surface area contributed by atoms with Crippen LogP contribution < -0.4 is 14.9 Å². The van der Waals surface area contributed by atoms with Crippen LogP contribution in [0.25, 0.3) is 16.8 Å². The molecule has 0 saturated heterocycles. The highest BCUT2D eigenvalue weighted by Gasteiger charge is 2.24. The number of methoxy groups -OCH3 is 1. The lowest BCUT2D eigenvalue weighted by molar-refractivity contribution is -0.679. The van der Waals surface area contributed by atoms with Gasteiger partial charge in [0.2, 0.25) is 0 Å². The van der Waals surface area contributed by atoms with Gasteiger partial charge in [0.1, 0.15) is 12.3 Å². The summed E-state index contributed by atoms with van der Waals surface area (Å²) in [6.45, 7) is 0.285. The van der Waals surface area contributed by atoms with Crippen molar-refractivity contribution in [2.24, 2.45) is 0 Å². The molecule has 0 spiro atoms. The van der Waals surface area contributed by atoms with E-state index in [-0.39, 0.29) is 30.0 Å². The molecule has 0 aliphatic carbocycles. The fourth-order valence-corrected chi connectivity index (χ4v) is 2.70. The maximum Gasteiger partial charge on any atom is 0.354 e. The quantitative estimate of drug-likeness (QED) is 0.744. The lowest BCUT2D eigenvalue weighted by Crippen LogP contribution is -2.40. The van der Waals surface area contributed by atoms with E-state index < -0.39 is 0 Å². The molecule has 2 heterocycles. The minimum atomic E-state index is -0.329. The maximum atomic E-state index is 12.9. The number of fused-ring (bicyclic) bond motifs is 1. The number of pyridine rings is 1. The molecule has 1 N–H and O–H groups in total. The average molecular weight is 322 g/mol. The van der Waals surface area contributed by atoms with E-state index in [1.165, 1.54) is 4.40 Å². The van der Waals surface area contributed by atoms with Gasteiger partial charge in [-0.2, -0.15) is 14.2 Å². The average Bonchev–Trinajstić information content (AvgIpc) is 2.62. The molecule has 0 aliphatic heterocycles. The van der Waals surface area contributed by atoms with Crippen LogP contribution in [0.5, 0.6) is 11.6 Å². The van der Waals surface area contributed by atoms with Gasteiger partial charge in [-0.25, -0.2) is 4.79 Å². The predicted molar refractivity (Wildman–Crippen MR) is 87.7 cm³/mol. The largest absolute Gasteiger partial charge is 0.497 e. The van der Waals surface area contributed by atoms with Crippen LogP contribution in [-0.4, -0.2) is 16.6 Å². The molecule has 120 valence electrons. The Morgan fingerprint density at radius 2 is 2.12 bits per heavy atom. The number of benzene rings is 1. The molecule has 0 radical (unpaired) electrons. The third-order valence-corrected chi connectivity index (χ3v) is 3.83. The van der Waals surface area contributed by atoms with E-state index >= 15 is 0 Å². The standard InChI is InChI=1S/C18H15N3O3/c1-24-14-7-4-6-13(12-14)16-17(22)20-10-3-2-8-15(20)21(18(16)23)11-5-9-19/h2-4,6-8,10,12H,5,11H2,1H3/p+1. The molecule has 0 unspecified atom stereocenters. The molecule has 0 bridgehead atoms. The van der Waals surface area contributed by atoms with Crippen molar-refractivity contribution in [3.05, 3.63) is 59.0 Å². The number of aryl methyl sites for hydroxylation is 1. The van der Waals surface area contributed by atoms with Crippen molar-refractivity contribution < 1.29 is 14.4 Å². The molecule has 0 aliphatic rings. The number of nitriles is 1. The molecular weight excluding hydrogens is 306 g/mol. The molecule has 3 rings (SSSR count). The normalized spacial score (nSPS) is 10.5. The van der Waals surface area contributed by atoms with Crippen LogP contribution in [0, 0.1) is 11.3 Å². The minimum absolute atomic E-state index is 0.158. The van der Waals surface area contributed by atoms with E-state index in [0.717, 1.165) is 0 Å². The number of rotatable bonds is 4. The summed E-state index contributed by atoms with van der Waals surface area (Å²) in [6, 6.07) is 14.3. The summed E-state index contributed by atoms with van der Waals surface area (Å²) in [5.74, 6) is 0.433. The van der Waals surface area contributed by atoms with Crippen molar-refractivity contribution in [3.8, 4) is 28.8 Å². The van der Waals surface area contributed by atoms with Crippen LogP contribution in [0.15, 0.2) is 53.5 Å². The second-order valence-corrected chi connectivity index (χ2v) is 5.22. The molecule has 2 aromatic heterocycles. The molecule has 6 heteroatoms. The van der Waals surface area contributed by atoms with Gasteiger partial charge < -0.3 is 9.84 Å². The highest BCUT2D eigenvalue weighted by molar-refractivity contribution is 5.68. The summed E-state index contributed by atoms with van der Waals surface area (Å²) < 4.78 is 8.23. The van der Waals surface area contributed by atoms with Crippen molar-refractivity contribution in [2.45, 2.75) is 13.0 Å². The van der Waals surface area contributed by atoms with Crippen molar-refractivity contribution in [3.63, 3.8) is 0 Å². The summed E-state index contributed by atoms with van der Waals surface area (Å²) in [5, 5.41) is 19.6. The Morgan fingerprint density at radius 1 is 1.29 bits per heavy atom. The topological polar surface area (TPSA) is 78.6 Å². The number of aromatic nitrogens is 2. The Kier molecular flexibility index (Phi) is 4.17. The number of hydrogen-bond acceptors (Lipinski definition) is 4. The number of ether oxygens (including phenoxy) is 1. The second-order valence-electron chi connectivity index (χ2n) is 5.22. The van der Waals surface area contributed by atoms with Gasteiger partial charge in [0.05, 0.1) is 25.8 Å². The molecule has 1 aromatic carbocycles. The zero-order chi connectivity index (χ0) is 17.1. The van der Waals surface area contributed by atoms with Gasteiger partial charge in [0.25, 0.3) is 11.5 Å². The van der Waals surface area contributed by atoms with Crippen LogP contribution in [0.1, 0.15) is 6.42 Å². The van der Waals surface area contributed by atoms with Crippen molar-refractivity contribution in [2.75, 3.05) is 7.11 Å². The first-order chi connectivity index (χ1) is 11.7. The van der Waals surface area contributed by atoms with Crippen LogP contribution in [-0.2, 0) is 6.54 Å². The van der Waals surface area contributed by atoms with Crippen LogP contribution in [0.3, 0.4) is 0 Å². The molecule has 3 aromatic rings. The highest BCUT2D eigenvalue weighted by Crippen LogP contribution is 2.26. The third-order valence-electron chi connectivity index (χ3n) is 3.83. The monoisotopic (exact) mass is 322 g/mol. The smallest absolute Gasteiger partial charge is 0.354 e. The van der Waals surface area contributed by atoms with Crippen molar-refractivity contribution in [1.82, 2.24) is 4.40 Å². The summed E-state index contributed by atoms with van der Waals surface area (Å²) >= 11 is 0. The van der Waals surface area contributed by atoms with E-state index in [2.05, 4.69) is 6.07 Å². The first kappa shape index (κ1) is 15.6. The lowest BCUT2D eigenvalue weighted by Gasteiger charge is -2.09. The Hall–Kier alpha value is -3.33. The zero-order valence-electron chi connectivity index (χ0n) is 13.1. The summed E-state index contributed by atoms with van der Waals surface area (Å²) in [4.78, 5) is 12.9. The molecule has 0 saturated carbocycles. The van der Waals surface area contributed by atoms with Gasteiger partial charge in [-0.1, -0.05) is 18.2 Å². The summed E-state index contributed by atoms with van der Waals surface area (Å²) in [5.41, 5.74) is 0.933. The maximum absolute atomic E-state index is 12.9. The van der Waals surface area contributed by atoms with Crippen LogP contribution in [0.2, 0.25) is 0 Å². The van der Waals surface area contributed by atoms with E-state index in [1.807, 2.05) is 0 Å². The van der Waals surface area contributed by atoms with Crippen molar-refractivity contribution in [1.29, 1.82) is 5.26 Å². The third kappa shape index (κ3) is 2.57. The lowest BCUT2D eigenvalue weighted by atomic mass is 10.1. The van der Waals surface area contributed by atoms with Crippen LogP contribution in [0.4, 0.5) is 0 Å². The minimum Gasteiger partial charge on any atom is -0.497 e. The Labute approximate surface area is 138 Å². The zero-order valence-corrected chi connectivity index (χ0v) is 13.1. The molecular formula is C18H16N3O3+. The van der Waals surface area contributed by atoms with Gasteiger partial charge in [-0.3, -0.25) is 0 Å². The first-order valence-electron chi connectivity index (χ1n) is 7.45. The van der Waals surface area contributed by atoms with E-state index in [4.69, 9.17) is 10.00 Å². The Morgan fingerprint density at radius 3 is 2.88 bits per heavy atom. The Balaban J connectivity index is 2.35. The molecule has 0 amide bonds. The summed E-state index contributed by atoms with van der Waals surface area (Å²) in [6.07, 6.45) is 1.86. The fourth-order valence-electron chi connectivity index (χ4n) is 2.70. The van der Waals surface area contributed by atoms with Gasteiger partial charge in [0, 0.05) is 11.6 Å². The van der Waals surface area contributed by atoms with E-state index in [0.29, 0.717) is 17.0 Å². The van der Waals surface area contributed by atoms with Gasteiger partial charge in [0.15, 0.2) is 5.56 Å². The molecule has 0 fully saturated rings. The number of nitrogens with zero attached hydrogens (tertiary/aromatic N) is 3. The van der Waals surface area contributed by atoms with Crippen LogP contribution >= 0.6 is 0 Å². The summed E-state index contributed by atoms with van der Waals surface area (Å²) in [7, 11) is 1.54. The molecule has 24 heavy (non-hydrogen) atoms. The van der Waals surface area contributed by atoms with Crippen molar-refractivity contribution >= 4 is 5.65 Å². The molecule has 0 atom stereocenters. The Bertz CT molecular complexity index is 1000. The van der Waals surface area contributed by atoms with Gasteiger partial charge >= 0.3 is 5.56 Å². The highest BCUT2D eigenvalue weighted by atomic mass is 16.5. The SMILES string of the molecule is COc1cccc(-c2c(O)[n+](CCC#N)c3ccccn3c2=O)c1. The second kappa shape index (κ2) is 6.42. The first-order valence-corrected chi connectivity index (χ1v) is 7.45. The predicted octanol–water partition coefficient (Wildman–Crippen LogP) is 1.88. The van der Waals surface area contributed by atoms with E-state index in [9.17, 15) is 9.90 Å². The molecule has 6 nitrogen and oxygen atoms in total.